The first kappa shape index (κ1) is 27.9. The standard InChI is InChI=1S/C44H32O2/c1-27(31-23-11-15-29-13-3-5-17-33(29)31)39-25-41(35-19-7-9-21-37(35)43(39)45)42-26-40(44(46)38-22-10-8-20-36(38)42)28(2)32-24-12-16-30-14-4-6-18-34(30)32/h3-28H,1-2H3/b42-41+. The van der Waals surface area contributed by atoms with Crippen LogP contribution in [0.25, 0.3) is 32.7 Å². The summed E-state index contributed by atoms with van der Waals surface area (Å²) >= 11 is 0. The first-order chi connectivity index (χ1) is 22.5. The number of benzene rings is 6. The highest BCUT2D eigenvalue weighted by Gasteiger charge is 2.33. The maximum Gasteiger partial charge on any atom is 0.190 e. The third-order valence-corrected chi connectivity index (χ3v) is 9.85. The van der Waals surface area contributed by atoms with Crippen molar-refractivity contribution in [1.29, 1.82) is 0 Å². The SMILES string of the molecule is CC(C1=C/C(=C2/C=C(C(C)c3cccc4ccccc34)C(=O)c3ccccc32)c2ccccc2C1=O)c1cccc2ccccc12. The Labute approximate surface area is 269 Å². The quantitative estimate of drug-likeness (QED) is 0.204. The highest BCUT2D eigenvalue weighted by Crippen LogP contribution is 2.45. The third-order valence-electron chi connectivity index (χ3n) is 9.85. The van der Waals surface area contributed by atoms with Gasteiger partial charge in [-0.05, 0) is 67.1 Å². The first-order valence-electron chi connectivity index (χ1n) is 15.9. The molecule has 0 N–H and O–H groups in total. The van der Waals surface area contributed by atoms with Crippen LogP contribution in [0.1, 0.15) is 68.7 Å². The molecule has 2 aliphatic rings. The lowest BCUT2D eigenvalue weighted by Crippen LogP contribution is -2.19. The molecule has 0 spiro atoms. The van der Waals surface area contributed by atoms with Gasteiger partial charge in [-0.15, -0.1) is 0 Å². The monoisotopic (exact) mass is 592 g/mol. The Kier molecular flexibility index (Phi) is 6.73. The van der Waals surface area contributed by atoms with Crippen LogP contribution in [0.4, 0.5) is 0 Å². The zero-order chi connectivity index (χ0) is 31.4. The normalized spacial score (nSPS) is 17.3. The van der Waals surface area contributed by atoms with Crippen LogP contribution >= 0.6 is 0 Å². The molecule has 0 amide bonds. The maximum atomic E-state index is 14.2. The molecule has 0 bridgehead atoms. The van der Waals surface area contributed by atoms with Crippen LogP contribution in [0.3, 0.4) is 0 Å². The molecule has 6 aromatic carbocycles. The van der Waals surface area contributed by atoms with E-state index in [1.165, 1.54) is 0 Å². The number of hydrogen-bond acceptors (Lipinski definition) is 2. The van der Waals surface area contributed by atoms with Gasteiger partial charge in [-0.2, -0.15) is 0 Å². The lowest BCUT2D eigenvalue weighted by molar-refractivity contribution is 0.101. The molecule has 2 atom stereocenters. The van der Waals surface area contributed by atoms with Crippen LogP contribution in [0.5, 0.6) is 0 Å². The third kappa shape index (κ3) is 4.41. The van der Waals surface area contributed by atoms with Gasteiger partial charge in [-0.25, -0.2) is 0 Å². The van der Waals surface area contributed by atoms with Gasteiger partial charge in [0.05, 0.1) is 0 Å². The number of ketones is 2. The van der Waals surface area contributed by atoms with E-state index in [2.05, 4.69) is 98.8 Å². The van der Waals surface area contributed by atoms with E-state index < -0.39 is 0 Å². The minimum Gasteiger partial charge on any atom is -0.289 e. The van der Waals surface area contributed by atoms with E-state index in [4.69, 9.17) is 0 Å². The largest absolute Gasteiger partial charge is 0.289 e. The van der Waals surface area contributed by atoms with Crippen LogP contribution in [-0.4, -0.2) is 11.6 Å². The zero-order valence-electron chi connectivity index (χ0n) is 25.8. The van der Waals surface area contributed by atoms with Gasteiger partial charge in [-0.3, -0.25) is 9.59 Å². The van der Waals surface area contributed by atoms with E-state index in [1.807, 2.05) is 60.7 Å². The Bertz CT molecular complexity index is 2150. The Hall–Kier alpha value is -5.60. The second kappa shape index (κ2) is 11.1. The predicted molar refractivity (Wildman–Crippen MR) is 189 cm³/mol. The minimum atomic E-state index is -0.138. The fourth-order valence-electron chi connectivity index (χ4n) is 7.42. The zero-order valence-corrected chi connectivity index (χ0v) is 25.8. The van der Waals surface area contributed by atoms with Gasteiger partial charge in [0, 0.05) is 34.1 Å². The van der Waals surface area contributed by atoms with Gasteiger partial charge in [0.2, 0.25) is 0 Å². The smallest absolute Gasteiger partial charge is 0.190 e. The summed E-state index contributed by atoms with van der Waals surface area (Å²) in [5, 5.41) is 4.62. The van der Waals surface area contributed by atoms with E-state index in [0.717, 1.165) is 66.1 Å². The predicted octanol–water partition coefficient (Wildman–Crippen LogP) is 10.8. The molecule has 2 heteroatoms. The molecule has 0 aromatic heterocycles. The minimum absolute atomic E-state index is 0.0499. The molecule has 2 unspecified atom stereocenters. The fourth-order valence-corrected chi connectivity index (χ4v) is 7.42. The number of carbonyl (C=O) groups is 2. The Balaban J connectivity index is 1.37. The topological polar surface area (TPSA) is 34.1 Å². The molecular formula is C44H32O2. The van der Waals surface area contributed by atoms with Crippen molar-refractivity contribution in [3.05, 3.63) is 190 Å². The van der Waals surface area contributed by atoms with Crippen LogP contribution in [0.15, 0.2) is 157 Å². The number of hydrogen-bond donors (Lipinski definition) is 0. The highest BCUT2D eigenvalue weighted by atomic mass is 16.1. The number of allylic oxidation sites excluding steroid dienone is 6. The molecule has 0 saturated carbocycles. The number of rotatable bonds is 4. The lowest BCUT2D eigenvalue weighted by Gasteiger charge is -2.28. The van der Waals surface area contributed by atoms with E-state index >= 15 is 0 Å². The average molecular weight is 593 g/mol. The van der Waals surface area contributed by atoms with Crippen molar-refractivity contribution in [2.24, 2.45) is 0 Å². The van der Waals surface area contributed by atoms with Crippen molar-refractivity contribution in [2.75, 3.05) is 0 Å². The van der Waals surface area contributed by atoms with Crippen LogP contribution in [0, 0.1) is 0 Å². The second-order valence-electron chi connectivity index (χ2n) is 12.4. The Morgan fingerprint density at radius 3 is 1.17 bits per heavy atom. The molecule has 6 aromatic rings. The molecular weight excluding hydrogens is 560 g/mol. The van der Waals surface area contributed by atoms with E-state index in [0.29, 0.717) is 11.1 Å². The summed E-state index contributed by atoms with van der Waals surface area (Å²) in [4.78, 5) is 28.4. The van der Waals surface area contributed by atoms with E-state index in [9.17, 15) is 9.59 Å². The van der Waals surface area contributed by atoms with E-state index in [1.54, 1.807) is 0 Å². The van der Waals surface area contributed by atoms with Gasteiger partial charge in [0.25, 0.3) is 0 Å². The van der Waals surface area contributed by atoms with Crippen molar-refractivity contribution >= 4 is 44.3 Å². The molecule has 0 heterocycles. The summed E-state index contributed by atoms with van der Waals surface area (Å²) in [6.45, 7) is 4.26. The molecule has 220 valence electrons. The van der Waals surface area contributed by atoms with Crippen molar-refractivity contribution in [1.82, 2.24) is 0 Å². The van der Waals surface area contributed by atoms with Crippen molar-refractivity contribution in [3.63, 3.8) is 0 Å². The molecule has 8 rings (SSSR count). The summed E-state index contributed by atoms with van der Waals surface area (Å²) in [5.41, 5.74) is 8.89. The van der Waals surface area contributed by atoms with Crippen molar-refractivity contribution < 1.29 is 9.59 Å². The lowest BCUT2D eigenvalue weighted by atomic mass is 9.74. The molecule has 0 fully saturated rings. The van der Waals surface area contributed by atoms with E-state index in [-0.39, 0.29) is 23.4 Å². The average Bonchev–Trinajstić information content (AvgIpc) is 3.11. The maximum absolute atomic E-state index is 14.2. The number of Topliss-reactive ketones (excluding diaryl/α,β-unsaturated/α-hetero) is 2. The fraction of sp³-hybridized carbons (Fsp3) is 0.0909. The summed E-state index contributed by atoms with van der Waals surface area (Å²) in [5.74, 6) is -0.176. The molecule has 2 nitrogen and oxygen atoms in total. The number of fused-ring (bicyclic) bond motifs is 4. The van der Waals surface area contributed by atoms with Gasteiger partial charge < -0.3 is 0 Å². The molecule has 0 radical (unpaired) electrons. The number of carbonyl (C=O) groups excluding carboxylic acids is 2. The van der Waals surface area contributed by atoms with Gasteiger partial charge in [0.15, 0.2) is 11.6 Å². The first-order valence-corrected chi connectivity index (χ1v) is 15.9. The Morgan fingerprint density at radius 2 is 0.739 bits per heavy atom. The highest BCUT2D eigenvalue weighted by molar-refractivity contribution is 6.24. The summed E-state index contributed by atoms with van der Waals surface area (Å²) < 4.78 is 0. The summed E-state index contributed by atoms with van der Waals surface area (Å²) in [7, 11) is 0. The van der Waals surface area contributed by atoms with Crippen molar-refractivity contribution in [2.45, 2.75) is 25.7 Å². The van der Waals surface area contributed by atoms with Crippen LogP contribution in [0.2, 0.25) is 0 Å². The van der Waals surface area contributed by atoms with Gasteiger partial charge >= 0.3 is 0 Å². The van der Waals surface area contributed by atoms with Crippen molar-refractivity contribution in [3.8, 4) is 0 Å². The molecule has 0 saturated heterocycles. The van der Waals surface area contributed by atoms with Gasteiger partial charge in [0.1, 0.15) is 0 Å². The molecule has 0 aliphatic heterocycles. The van der Waals surface area contributed by atoms with Crippen LogP contribution < -0.4 is 0 Å². The molecule has 2 aliphatic carbocycles. The summed E-state index contributed by atoms with van der Waals surface area (Å²) in [6.07, 6.45) is 4.19. The Morgan fingerprint density at radius 1 is 0.391 bits per heavy atom. The summed E-state index contributed by atoms with van der Waals surface area (Å²) in [6, 6.07) is 45.1. The second-order valence-corrected chi connectivity index (χ2v) is 12.4. The van der Waals surface area contributed by atoms with Gasteiger partial charge in [-0.1, -0.05) is 147 Å². The molecule has 46 heavy (non-hydrogen) atoms. The van der Waals surface area contributed by atoms with Crippen LogP contribution in [-0.2, 0) is 0 Å².